The zero-order valence-electron chi connectivity index (χ0n) is 14.0. The largest absolute Gasteiger partial charge is 0.308 e. The highest BCUT2D eigenvalue weighted by Gasteiger charge is 2.12. The summed E-state index contributed by atoms with van der Waals surface area (Å²) in [5.74, 6) is 0. The molecule has 0 amide bonds. The van der Waals surface area contributed by atoms with E-state index in [0.717, 1.165) is 12.8 Å². The van der Waals surface area contributed by atoms with Crippen LogP contribution in [0.3, 0.4) is 0 Å². The zero-order valence-corrected chi connectivity index (χ0v) is 14.0. The zero-order chi connectivity index (χ0) is 16.1. The van der Waals surface area contributed by atoms with Gasteiger partial charge in [0.25, 0.3) is 0 Å². The fourth-order valence-corrected chi connectivity index (χ4v) is 3.26. The van der Waals surface area contributed by atoms with Crippen LogP contribution in [0.2, 0.25) is 0 Å². The van der Waals surface area contributed by atoms with Crippen LogP contribution in [-0.2, 0) is 6.42 Å². The molecule has 0 bridgehead atoms. The fourth-order valence-electron chi connectivity index (χ4n) is 3.26. The molecule has 0 saturated carbocycles. The van der Waals surface area contributed by atoms with Gasteiger partial charge < -0.3 is 5.32 Å². The second kappa shape index (κ2) is 7.43. The summed E-state index contributed by atoms with van der Waals surface area (Å²) < 4.78 is 0. The molecule has 2 atom stereocenters. The summed E-state index contributed by atoms with van der Waals surface area (Å²) in [5, 5.41) is 6.43. The van der Waals surface area contributed by atoms with Gasteiger partial charge in [0.15, 0.2) is 0 Å². The van der Waals surface area contributed by atoms with Gasteiger partial charge in [-0.15, -0.1) is 0 Å². The molecule has 23 heavy (non-hydrogen) atoms. The Kier molecular flexibility index (Phi) is 5.09. The SMILES string of the molecule is C[C@@H](CCc1ccccc1)N[C@H](C)c1cccc2ccccc12. The Hall–Kier alpha value is -2.12. The number of hydrogen-bond acceptors (Lipinski definition) is 1. The molecule has 1 N–H and O–H groups in total. The van der Waals surface area contributed by atoms with Gasteiger partial charge in [-0.25, -0.2) is 0 Å². The quantitative estimate of drug-likeness (QED) is 0.633. The Balaban J connectivity index is 1.65. The molecule has 0 aromatic heterocycles. The third kappa shape index (κ3) is 4.00. The van der Waals surface area contributed by atoms with Crippen LogP contribution in [0.4, 0.5) is 0 Å². The second-order valence-electron chi connectivity index (χ2n) is 6.38. The van der Waals surface area contributed by atoms with Crippen molar-refractivity contribution in [1.29, 1.82) is 0 Å². The van der Waals surface area contributed by atoms with Crippen LogP contribution in [0.1, 0.15) is 37.4 Å². The highest BCUT2D eigenvalue weighted by atomic mass is 14.9. The minimum absolute atomic E-state index is 0.354. The first-order valence-electron chi connectivity index (χ1n) is 8.51. The van der Waals surface area contributed by atoms with E-state index in [2.05, 4.69) is 92.0 Å². The van der Waals surface area contributed by atoms with Crippen LogP contribution >= 0.6 is 0 Å². The van der Waals surface area contributed by atoms with Crippen molar-refractivity contribution >= 4 is 10.8 Å². The van der Waals surface area contributed by atoms with Crippen molar-refractivity contribution in [2.45, 2.75) is 38.8 Å². The van der Waals surface area contributed by atoms with Gasteiger partial charge in [0.05, 0.1) is 0 Å². The minimum Gasteiger partial charge on any atom is -0.308 e. The Labute approximate surface area is 139 Å². The van der Waals surface area contributed by atoms with E-state index in [1.54, 1.807) is 0 Å². The Morgan fingerprint density at radius 3 is 2.30 bits per heavy atom. The average molecular weight is 303 g/mol. The predicted molar refractivity (Wildman–Crippen MR) is 99.7 cm³/mol. The minimum atomic E-state index is 0.354. The van der Waals surface area contributed by atoms with Crippen molar-refractivity contribution in [1.82, 2.24) is 5.32 Å². The van der Waals surface area contributed by atoms with Crippen molar-refractivity contribution < 1.29 is 0 Å². The number of aryl methyl sites for hydroxylation is 1. The van der Waals surface area contributed by atoms with Gasteiger partial charge >= 0.3 is 0 Å². The lowest BCUT2D eigenvalue weighted by Crippen LogP contribution is -2.29. The highest BCUT2D eigenvalue weighted by molar-refractivity contribution is 5.86. The molecule has 3 aromatic rings. The van der Waals surface area contributed by atoms with E-state index in [-0.39, 0.29) is 0 Å². The van der Waals surface area contributed by atoms with Crippen molar-refractivity contribution in [2.75, 3.05) is 0 Å². The van der Waals surface area contributed by atoms with E-state index < -0.39 is 0 Å². The Morgan fingerprint density at radius 1 is 0.783 bits per heavy atom. The molecule has 0 aliphatic heterocycles. The van der Waals surface area contributed by atoms with Gasteiger partial charge in [-0.3, -0.25) is 0 Å². The highest BCUT2D eigenvalue weighted by Crippen LogP contribution is 2.24. The summed E-state index contributed by atoms with van der Waals surface area (Å²) in [6, 6.07) is 26.8. The molecule has 0 heterocycles. The van der Waals surface area contributed by atoms with Gasteiger partial charge in [0.1, 0.15) is 0 Å². The smallest absolute Gasteiger partial charge is 0.0300 e. The summed E-state index contributed by atoms with van der Waals surface area (Å²) in [6.45, 7) is 4.55. The van der Waals surface area contributed by atoms with Gasteiger partial charge in [-0.1, -0.05) is 72.8 Å². The molecular formula is C22H25N. The van der Waals surface area contributed by atoms with E-state index in [9.17, 15) is 0 Å². The van der Waals surface area contributed by atoms with Gasteiger partial charge in [-0.2, -0.15) is 0 Å². The lowest BCUT2D eigenvalue weighted by molar-refractivity contribution is 0.458. The maximum absolute atomic E-state index is 3.76. The van der Waals surface area contributed by atoms with Crippen LogP contribution in [0, 0.1) is 0 Å². The number of nitrogens with one attached hydrogen (secondary N) is 1. The molecule has 1 nitrogen and oxygen atoms in total. The molecular weight excluding hydrogens is 278 g/mol. The molecule has 0 saturated heterocycles. The van der Waals surface area contributed by atoms with Crippen molar-refractivity contribution in [3.8, 4) is 0 Å². The summed E-state index contributed by atoms with van der Waals surface area (Å²) in [6.07, 6.45) is 2.27. The molecule has 0 aliphatic rings. The molecule has 1 heteroatoms. The standard InChI is InChI=1S/C22H25N/c1-17(15-16-19-9-4-3-5-10-19)23-18(2)21-14-8-12-20-11-6-7-13-22(20)21/h3-14,17-18,23H,15-16H2,1-2H3/t17-,18+/m0/s1. The van der Waals surface area contributed by atoms with E-state index >= 15 is 0 Å². The Morgan fingerprint density at radius 2 is 1.48 bits per heavy atom. The van der Waals surface area contributed by atoms with Crippen LogP contribution in [-0.4, -0.2) is 6.04 Å². The number of hydrogen-bond donors (Lipinski definition) is 1. The summed E-state index contributed by atoms with van der Waals surface area (Å²) in [5.41, 5.74) is 2.80. The number of rotatable bonds is 6. The average Bonchev–Trinajstić information content (AvgIpc) is 2.60. The molecule has 0 aliphatic carbocycles. The molecule has 3 aromatic carbocycles. The second-order valence-corrected chi connectivity index (χ2v) is 6.38. The third-order valence-electron chi connectivity index (χ3n) is 4.53. The summed E-state index contributed by atoms with van der Waals surface area (Å²) in [4.78, 5) is 0. The summed E-state index contributed by atoms with van der Waals surface area (Å²) >= 11 is 0. The van der Waals surface area contributed by atoms with Crippen molar-refractivity contribution in [3.63, 3.8) is 0 Å². The van der Waals surface area contributed by atoms with Gasteiger partial charge in [0, 0.05) is 12.1 Å². The van der Waals surface area contributed by atoms with Crippen molar-refractivity contribution in [2.24, 2.45) is 0 Å². The third-order valence-corrected chi connectivity index (χ3v) is 4.53. The molecule has 0 spiro atoms. The lowest BCUT2D eigenvalue weighted by Gasteiger charge is -2.22. The first-order chi connectivity index (χ1) is 11.2. The summed E-state index contributed by atoms with van der Waals surface area (Å²) in [7, 11) is 0. The lowest BCUT2D eigenvalue weighted by atomic mass is 9.98. The van der Waals surface area contributed by atoms with E-state index in [1.807, 2.05) is 0 Å². The van der Waals surface area contributed by atoms with Gasteiger partial charge in [-0.05, 0) is 48.6 Å². The van der Waals surface area contributed by atoms with Crippen LogP contribution in [0.15, 0.2) is 72.8 Å². The number of benzene rings is 3. The normalized spacial score (nSPS) is 13.8. The molecule has 0 fully saturated rings. The topological polar surface area (TPSA) is 12.0 Å². The Bertz CT molecular complexity index is 743. The predicted octanol–water partition coefficient (Wildman–Crippen LogP) is 5.51. The molecule has 0 unspecified atom stereocenters. The van der Waals surface area contributed by atoms with E-state index in [1.165, 1.54) is 21.9 Å². The van der Waals surface area contributed by atoms with E-state index in [0.29, 0.717) is 12.1 Å². The van der Waals surface area contributed by atoms with Crippen molar-refractivity contribution in [3.05, 3.63) is 83.9 Å². The van der Waals surface area contributed by atoms with Crippen LogP contribution in [0.25, 0.3) is 10.8 Å². The maximum atomic E-state index is 3.76. The first kappa shape index (κ1) is 15.8. The molecule has 3 rings (SSSR count). The van der Waals surface area contributed by atoms with E-state index in [4.69, 9.17) is 0 Å². The maximum Gasteiger partial charge on any atom is 0.0300 e. The first-order valence-corrected chi connectivity index (χ1v) is 8.51. The van der Waals surface area contributed by atoms with Crippen LogP contribution < -0.4 is 5.32 Å². The van der Waals surface area contributed by atoms with Crippen LogP contribution in [0.5, 0.6) is 0 Å². The molecule has 0 radical (unpaired) electrons. The monoisotopic (exact) mass is 303 g/mol. The molecule has 118 valence electrons. The number of fused-ring (bicyclic) bond motifs is 1. The fraction of sp³-hybridized carbons (Fsp3) is 0.273. The van der Waals surface area contributed by atoms with Gasteiger partial charge in [0.2, 0.25) is 0 Å².